The van der Waals surface area contributed by atoms with Crippen LogP contribution < -0.4 is 10.1 Å². The number of anilines is 1. The van der Waals surface area contributed by atoms with Crippen molar-refractivity contribution >= 4 is 11.7 Å². The fourth-order valence-corrected chi connectivity index (χ4v) is 1.72. The van der Waals surface area contributed by atoms with Crippen LogP contribution in [0.4, 0.5) is 14.5 Å². The molecule has 0 aromatic heterocycles. The number of halogens is 2. The van der Waals surface area contributed by atoms with Crippen molar-refractivity contribution in [1.29, 1.82) is 0 Å². The Balaban J connectivity index is 1.91. The van der Waals surface area contributed by atoms with E-state index in [1.54, 1.807) is 24.3 Å². The van der Waals surface area contributed by atoms with Crippen LogP contribution in [-0.2, 0) is 6.54 Å². The lowest BCUT2D eigenvalue weighted by atomic mass is 10.2. The summed E-state index contributed by atoms with van der Waals surface area (Å²) in [5.41, 5.74) is 1.88. The molecule has 6 heteroatoms. The van der Waals surface area contributed by atoms with Crippen molar-refractivity contribution in [3.63, 3.8) is 0 Å². The van der Waals surface area contributed by atoms with E-state index in [4.69, 9.17) is 5.11 Å². The van der Waals surface area contributed by atoms with Gasteiger partial charge < -0.3 is 15.2 Å². The zero-order valence-corrected chi connectivity index (χ0v) is 10.9. The molecule has 2 rings (SSSR count). The summed E-state index contributed by atoms with van der Waals surface area (Å²) in [6.45, 7) is -2.34. The average molecular weight is 293 g/mol. The molecule has 0 unspecified atom stereocenters. The van der Waals surface area contributed by atoms with Gasteiger partial charge in [-0.3, -0.25) is 0 Å². The van der Waals surface area contributed by atoms with E-state index in [1.807, 2.05) is 0 Å². The van der Waals surface area contributed by atoms with Crippen LogP contribution in [0, 0.1) is 0 Å². The van der Waals surface area contributed by atoms with Gasteiger partial charge in [0.05, 0.1) is 5.56 Å². The van der Waals surface area contributed by atoms with E-state index in [-0.39, 0.29) is 11.3 Å². The van der Waals surface area contributed by atoms with Gasteiger partial charge in [-0.05, 0) is 42.0 Å². The van der Waals surface area contributed by atoms with Crippen LogP contribution in [0.5, 0.6) is 5.75 Å². The first-order valence-electron chi connectivity index (χ1n) is 6.15. The Morgan fingerprint density at radius 3 is 2.24 bits per heavy atom. The smallest absolute Gasteiger partial charge is 0.387 e. The van der Waals surface area contributed by atoms with Gasteiger partial charge in [-0.1, -0.05) is 12.1 Å². The van der Waals surface area contributed by atoms with E-state index < -0.39 is 12.6 Å². The van der Waals surface area contributed by atoms with E-state index in [2.05, 4.69) is 10.1 Å². The van der Waals surface area contributed by atoms with Crippen molar-refractivity contribution in [3.8, 4) is 5.75 Å². The minimum atomic E-state index is -2.83. The number of hydrogen-bond acceptors (Lipinski definition) is 3. The highest BCUT2D eigenvalue weighted by molar-refractivity contribution is 5.87. The standard InChI is InChI=1S/C15H13F2NO3/c16-15(17)21-13-7-1-10(2-8-13)9-18-12-5-3-11(4-6-12)14(19)20/h1-8,15,18H,9H2,(H,19,20). The Morgan fingerprint density at radius 2 is 1.71 bits per heavy atom. The van der Waals surface area contributed by atoms with Gasteiger partial charge in [0.25, 0.3) is 0 Å². The molecule has 2 N–H and O–H groups in total. The molecule has 0 bridgehead atoms. The molecule has 0 saturated carbocycles. The third-order valence-corrected chi connectivity index (χ3v) is 2.78. The summed E-state index contributed by atoms with van der Waals surface area (Å²) in [5, 5.41) is 11.9. The van der Waals surface area contributed by atoms with Crippen molar-refractivity contribution in [2.45, 2.75) is 13.2 Å². The zero-order valence-electron chi connectivity index (χ0n) is 10.9. The SMILES string of the molecule is O=C(O)c1ccc(NCc2ccc(OC(F)F)cc2)cc1. The number of hydrogen-bond donors (Lipinski definition) is 2. The van der Waals surface area contributed by atoms with Crippen molar-refractivity contribution < 1.29 is 23.4 Å². The number of carboxylic acid groups (broad SMARTS) is 1. The number of benzene rings is 2. The quantitative estimate of drug-likeness (QED) is 0.854. The van der Waals surface area contributed by atoms with Crippen molar-refractivity contribution in [2.24, 2.45) is 0 Å². The molecule has 110 valence electrons. The van der Waals surface area contributed by atoms with Gasteiger partial charge in [-0.25, -0.2) is 4.79 Å². The van der Waals surface area contributed by atoms with Crippen molar-refractivity contribution in [2.75, 3.05) is 5.32 Å². The maximum atomic E-state index is 12.0. The molecule has 0 amide bonds. The Kier molecular flexibility index (Phi) is 4.71. The average Bonchev–Trinajstić information content (AvgIpc) is 2.46. The Labute approximate surface area is 120 Å². The largest absolute Gasteiger partial charge is 0.478 e. The second kappa shape index (κ2) is 6.69. The predicted molar refractivity (Wildman–Crippen MR) is 73.8 cm³/mol. The molecule has 0 atom stereocenters. The predicted octanol–water partition coefficient (Wildman–Crippen LogP) is 3.60. The van der Waals surface area contributed by atoms with Crippen LogP contribution in [0.3, 0.4) is 0 Å². The molecule has 21 heavy (non-hydrogen) atoms. The van der Waals surface area contributed by atoms with Crippen LogP contribution in [0.2, 0.25) is 0 Å². The number of carbonyl (C=O) groups is 1. The van der Waals surface area contributed by atoms with Gasteiger partial charge in [0.1, 0.15) is 5.75 Å². The fraction of sp³-hybridized carbons (Fsp3) is 0.133. The zero-order chi connectivity index (χ0) is 15.2. The minimum Gasteiger partial charge on any atom is -0.478 e. The number of carboxylic acids is 1. The lowest BCUT2D eigenvalue weighted by Crippen LogP contribution is -2.03. The summed E-state index contributed by atoms with van der Waals surface area (Å²) in [4.78, 5) is 10.7. The third-order valence-electron chi connectivity index (χ3n) is 2.78. The molecule has 0 fully saturated rings. The second-order valence-electron chi connectivity index (χ2n) is 4.26. The molecule has 4 nitrogen and oxygen atoms in total. The molecule has 0 aliphatic rings. The second-order valence-corrected chi connectivity index (χ2v) is 4.26. The van der Waals surface area contributed by atoms with E-state index in [1.165, 1.54) is 24.3 Å². The molecule has 0 radical (unpaired) electrons. The first-order valence-corrected chi connectivity index (χ1v) is 6.15. The summed E-state index contributed by atoms with van der Waals surface area (Å²) < 4.78 is 28.3. The minimum absolute atomic E-state index is 0.111. The van der Waals surface area contributed by atoms with Crippen LogP contribution in [0.15, 0.2) is 48.5 Å². The highest BCUT2D eigenvalue weighted by atomic mass is 19.3. The van der Waals surface area contributed by atoms with E-state index in [0.29, 0.717) is 6.54 Å². The highest BCUT2D eigenvalue weighted by Crippen LogP contribution is 2.16. The molecule has 0 spiro atoms. The topological polar surface area (TPSA) is 58.6 Å². The first kappa shape index (κ1) is 14.8. The van der Waals surface area contributed by atoms with Crippen LogP contribution in [0.1, 0.15) is 15.9 Å². The lowest BCUT2D eigenvalue weighted by Gasteiger charge is -2.08. The third kappa shape index (κ3) is 4.45. The van der Waals surface area contributed by atoms with Gasteiger partial charge in [0.15, 0.2) is 0 Å². The number of nitrogens with one attached hydrogen (secondary N) is 1. The Bertz CT molecular complexity index is 597. The molecular formula is C15H13F2NO3. The van der Waals surface area contributed by atoms with Crippen molar-refractivity contribution in [1.82, 2.24) is 0 Å². The molecule has 0 heterocycles. The summed E-state index contributed by atoms with van der Waals surface area (Å²) in [6.07, 6.45) is 0. The van der Waals surface area contributed by atoms with Gasteiger partial charge in [-0.2, -0.15) is 8.78 Å². The van der Waals surface area contributed by atoms with Gasteiger partial charge >= 0.3 is 12.6 Å². The van der Waals surface area contributed by atoms with Crippen LogP contribution in [0.25, 0.3) is 0 Å². The van der Waals surface area contributed by atoms with E-state index in [9.17, 15) is 13.6 Å². The van der Waals surface area contributed by atoms with Crippen molar-refractivity contribution in [3.05, 3.63) is 59.7 Å². The Hall–Kier alpha value is -2.63. The van der Waals surface area contributed by atoms with E-state index in [0.717, 1.165) is 11.3 Å². The number of ether oxygens (including phenoxy) is 1. The summed E-state index contributed by atoms with van der Waals surface area (Å²) >= 11 is 0. The first-order chi connectivity index (χ1) is 10.0. The monoisotopic (exact) mass is 293 g/mol. The molecular weight excluding hydrogens is 280 g/mol. The summed E-state index contributed by atoms with van der Waals surface area (Å²) in [5.74, 6) is -0.865. The summed E-state index contributed by atoms with van der Waals surface area (Å²) in [7, 11) is 0. The Morgan fingerprint density at radius 1 is 1.10 bits per heavy atom. The van der Waals surface area contributed by atoms with E-state index >= 15 is 0 Å². The maximum absolute atomic E-state index is 12.0. The molecule has 0 aliphatic heterocycles. The number of rotatable bonds is 6. The normalized spacial score (nSPS) is 10.4. The molecule has 2 aromatic rings. The van der Waals surface area contributed by atoms with Crippen LogP contribution >= 0.6 is 0 Å². The molecule has 0 aliphatic carbocycles. The fourth-order valence-electron chi connectivity index (χ4n) is 1.72. The summed E-state index contributed by atoms with van der Waals surface area (Å²) in [6, 6.07) is 12.6. The van der Waals surface area contributed by atoms with Gasteiger partial charge in [-0.15, -0.1) is 0 Å². The molecule has 0 saturated heterocycles. The van der Waals surface area contributed by atoms with Crippen LogP contribution in [-0.4, -0.2) is 17.7 Å². The number of aromatic carboxylic acids is 1. The molecule has 2 aromatic carbocycles. The maximum Gasteiger partial charge on any atom is 0.387 e. The number of alkyl halides is 2. The highest BCUT2D eigenvalue weighted by Gasteiger charge is 2.04. The lowest BCUT2D eigenvalue weighted by molar-refractivity contribution is -0.0498. The van der Waals surface area contributed by atoms with Gasteiger partial charge in [0, 0.05) is 12.2 Å². The van der Waals surface area contributed by atoms with Gasteiger partial charge in [0.2, 0.25) is 0 Å².